The number of benzene rings is 1. The summed E-state index contributed by atoms with van der Waals surface area (Å²) in [5.74, 6) is -0.443. The lowest BCUT2D eigenvalue weighted by Crippen LogP contribution is -2.25. The fraction of sp³-hybridized carbons (Fsp3) is 0.500. The minimum Gasteiger partial charge on any atom is -0.393 e. The normalized spacial score (nSPS) is 12.7. The Labute approximate surface area is 107 Å². The minimum absolute atomic E-state index is 0.0570. The van der Waals surface area contributed by atoms with Gasteiger partial charge in [0.2, 0.25) is 0 Å². The molecule has 1 atom stereocenters. The van der Waals surface area contributed by atoms with Gasteiger partial charge in [-0.3, -0.25) is 4.79 Å². The molecule has 0 aliphatic rings. The fourth-order valence-electron chi connectivity index (χ4n) is 1.62. The molecule has 0 aromatic heterocycles. The van der Waals surface area contributed by atoms with Crippen LogP contribution in [0.25, 0.3) is 0 Å². The van der Waals surface area contributed by atoms with Crippen LogP contribution in [0, 0.1) is 5.82 Å². The molecule has 100 valence electrons. The largest absolute Gasteiger partial charge is 0.393 e. The highest BCUT2D eigenvalue weighted by Crippen LogP contribution is 2.07. The monoisotopic (exact) mass is 253 g/mol. The Morgan fingerprint density at radius 1 is 1.44 bits per heavy atom. The van der Waals surface area contributed by atoms with E-state index in [1.807, 2.05) is 11.9 Å². The molecule has 0 amide bonds. The first-order valence-electron chi connectivity index (χ1n) is 6.14. The molecule has 0 spiro atoms. The van der Waals surface area contributed by atoms with E-state index in [2.05, 4.69) is 0 Å². The molecule has 1 unspecified atom stereocenters. The van der Waals surface area contributed by atoms with Crippen LogP contribution in [0.4, 0.5) is 4.39 Å². The van der Waals surface area contributed by atoms with Crippen LogP contribution in [-0.2, 0) is 0 Å². The van der Waals surface area contributed by atoms with Crippen molar-refractivity contribution < 1.29 is 14.3 Å². The number of hydrogen-bond acceptors (Lipinski definition) is 3. The smallest absolute Gasteiger partial charge is 0.164 e. The van der Waals surface area contributed by atoms with Crippen molar-refractivity contribution in [2.75, 3.05) is 20.1 Å². The van der Waals surface area contributed by atoms with Crippen molar-refractivity contribution in [2.24, 2.45) is 0 Å². The van der Waals surface area contributed by atoms with E-state index in [9.17, 15) is 9.18 Å². The van der Waals surface area contributed by atoms with Crippen molar-refractivity contribution in [1.82, 2.24) is 4.90 Å². The van der Waals surface area contributed by atoms with Crippen LogP contribution >= 0.6 is 0 Å². The number of carbonyl (C=O) groups excluding carboxylic acids is 1. The number of Topliss-reactive ketones (excluding diaryl/α,β-unsaturated/α-hetero) is 1. The third-order valence-electron chi connectivity index (χ3n) is 2.80. The third-order valence-corrected chi connectivity index (χ3v) is 2.80. The lowest BCUT2D eigenvalue weighted by atomic mass is 10.1. The molecule has 18 heavy (non-hydrogen) atoms. The molecule has 0 aliphatic heterocycles. The van der Waals surface area contributed by atoms with E-state index in [-0.39, 0.29) is 17.7 Å². The van der Waals surface area contributed by atoms with Crippen LogP contribution in [0.3, 0.4) is 0 Å². The number of hydrogen-bond donors (Lipinski definition) is 1. The molecular formula is C14H20FNO2. The van der Waals surface area contributed by atoms with Gasteiger partial charge in [0.25, 0.3) is 0 Å². The van der Waals surface area contributed by atoms with Crippen molar-refractivity contribution in [1.29, 1.82) is 0 Å². The Morgan fingerprint density at radius 2 is 2.17 bits per heavy atom. The van der Waals surface area contributed by atoms with Gasteiger partial charge in [-0.15, -0.1) is 0 Å². The Hall–Kier alpha value is -1.26. The van der Waals surface area contributed by atoms with Crippen molar-refractivity contribution in [3.63, 3.8) is 0 Å². The Balaban J connectivity index is 2.37. The molecule has 4 heteroatoms. The van der Waals surface area contributed by atoms with Gasteiger partial charge >= 0.3 is 0 Å². The van der Waals surface area contributed by atoms with Crippen LogP contribution in [0.5, 0.6) is 0 Å². The molecule has 0 radical (unpaired) electrons. The highest BCUT2D eigenvalue weighted by atomic mass is 19.1. The van der Waals surface area contributed by atoms with Crippen molar-refractivity contribution in [2.45, 2.75) is 25.9 Å². The van der Waals surface area contributed by atoms with E-state index in [0.29, 0.717) is 24.9 Å². The van der Waals surface area contributed by atoms with E-state index < -0.39 is 0 Å². The molecule has 3 nitrogen and oxygen atoms in total. The van der Waals surface area contributed by atoms with Gasteiger partial charge in [-0.2, -0.15) is 0 Å². The Morgan fingerprint density at radius 3 is 2.78 bits per heavy atom. The number of rotatable bonds is 7. The number of halogens is 1. The van der Waals surface area contributed by atoms with Crippen molar-refractivity contribution >= 4 is 5.78 Å². The second-order valence-electron chi connectivity index (χ2n) is 4.62. The zero-order valence-corrected chi connectivity index (χ0v) is 10.9. The Bertz CT molecular complexity index is 393. The summed E-state index contributed by atoms with van der Waals surface area (Å²) in [4.78, 5) is 13.8. The molecule has 1 N–H and O–H groups in total. The van der Waals surface area contributed by atoms with E-state index >= 15 is 0 Å². The number of nitrogens with zero attached hydrogens (tertiary/aromatic N) is 1. The maximum absolute atomic E-state index is 12.9. The molecule has 0 fully saturated rings. The topological polar surface area (TPSA) is 40.5 Å². The summed E-state index contributed by atoms with van der Waals surface area (Å²) in [6, 6.07) is 5.75. The first-order chi connectivity index (χ1) is 8.49. The Kier molecular flexibility index (Phi) is 5.95. The minimum atomic E-state index is -0.386. The van der Waals surface area contributed by atoms with Gasteiger partial charge in [-0.05, 0) is 32.5 Å². The van der Waals surface area contributed by atoms with Crippen LogP contribution in [0.15, 0.2) is 24.3 Å². The highest BCUT2D eigenvalue weighted by molar-refractivity contribution is 5.96. The van der Waals surface area contributed by atoms with Gasteiger partial charge < -0.3 is 10.0 Å². The van der Waals surface area contributed by atoms with Gasteiger partial charge in [0.05, 0.1) is 6.10 Å². The molecule has 1 aromatic carbocycles. The molecule has 0 aliphatic carbocycles. The number of carbonyl (C=O) groups is 1. The average Bonchev–Trinajstić information content (AvgIpc) is 2.33. The second kappa shape index (κ2) is 7.24. The molecule has 0 bridgehead atoms. The van der Waals surface area contributed by atoms with Gasteiger partial charge in [0.1, 0.15) is 5.82 Å². The van der Waals surface area contributed by atoms with Crippen LogP contribution < -0.4 is 0 Å². The molecule has 0 saturated carbocycles. The van der Waals surface area contributed by atoms with Gasteiger partial charge in [0, 0.05) is 25.1 Å². The third kappa shape index (κ3) is 5.38. The van der Waals surface area contributed by atoms with E-state index in [1.54, 1.807) is 19.1 Å². The lowest BCUT2D eigenvalue weighted by Gasteiger charge is -2.16. The van der Waals surface area contributed by atoms with Crippen LogP contribution in [0.2, 0.25) is 0 Å². The van der Waals surface area contributed by atoms with Gasteiger partial charge in [-0.1, -0.05) is 12.1 Å². The predicted octanol–water partition coefficient (Wildman–Crippen LogP) is 2.10. The fourth-order valence-corrected chi connectivity index (χ4v) is 1.62. The molecule has 1 aromatic rings. The van der Waals surface area contributed by atoms with Gasteiger partial charge in [0.15, 0.2) is 5.78 Å². The van der Waals surface area contributed by atoms with E-state index in [0.717, 1.165) is 6.54 Å². The zero-order valence-electron chi connectivity index (χ0n) is 10.9. The van der Waals surface area contributed by atoms with E-state index in [4.69, 9.17) is 5.11 Å². The standard InChI is InChI=1S/C14H20FNO2/c1-11(17)6-8-16(2)9-7-14(18)12-4-3-5-13(15)10-12/h3-5,10-11,17H,6-9H2,1-2H3. The zero-order chi connectivity index (χ0) is 13.5. The first kappa shape index (κ1) is 14.8. The SMILES string of the molecule is CC(O)CCN(C)CCC(=O)c1cccc(F)c1. The van der Waals surface area contributed by atoms with E-state index in [1.165, 1.54) is 12.1 Å². The molecular weight excluding hydrogens is 233 g/mol. The average molecular weight is 253 g/mol. The molecule has 0 heterocycles. The lowest BCUT2D eigenvalue weighted by molar-refractivity contribution is 0.0965. The molecule has 0 saturated heterocycles. The maximum atomic E-state index is 12.9. The summed E-state index contributed by atoms with van der Waals surface area (Å²) in [7, 11) is 1.90. The summed E-state index contributed by atoms with van der Waals surface area (Å²) in [6.07, 6.45) is 0.719. The summed E-state index contributed by atoms with van der Waals surface area (Å²) in [5, 5.41) is 9.15. The van der Waals surface area contributed by atoms with Crippen molar-refractivity contribution in [3.8, 4) is 0 Å². The quantitative estimate of drug-likeness (QED) is 0.757. The van der Waals surface area contributed by atoms with Gasteiger partial charge in [-0.25, -0.2) is 4.39 Å². The summed E-state index contributed by atoms with van der Waals surface area (Å²) < 4.78 is 12.9. The summed E-state index contributed by atoms with van der Waals surface area (Å²) in [5.41, 5.74) is 0.416. The van der Waals surface area contributed by atoms with Crippen LogP contribution in [0.1, 0.15) is 30.1 Å². The molecule has 1 rings (SSSR count). The maximum Gasteiger partial charge on any atom is 0.164 e. The van der Waals surface area contributed by atoms with Crippen LogP contribution in [-0.4, -0.2) is 42.0 Å². The first-order valence-corrected chi connectivity index (χ1v) is 6.14. The van der Waals surface area contributed by atoms with Crippen molar-refractivity contribution in [3.05, 3.63) is 35.6 Å². The number of aliphatic hydroxyl groups is 1. The number of ketones is 1. The highest BCUT2D eigenvalue weighted by Gasteiger charge is 2.08. The number of aliphatic hydroxyl groups excluding tert-OH is 1. The predicted molar refractivity (Wildman–Crippen MR) is 69.1 cm³/mol. The summed E-state index contributed by atoms with van der Waals surface area (Å²) >= 11 is 0. The second-order valence-corrected chi connectivity index (χ2v) is 4.62. The summed E-state index contributed by atoms with van der Waals surface area (Å²) in [6.45, 7) is 3.10.